The summed E-state index contributed by atoms with van der Waals surface area (Å²) in [7, 11) is 0. The standard InChI is InChI=1S/C19H35N3O2/c1-14(20-17(24)21-18(2,3)4)15-9-8-12-22(13-15)16(23)19(5)10-6-7-11-19/h14-15H,6-13H2,1-5H3,(H2,20,21,24)/t14-,15-/m0/s1. The lowest BCUT2D eigenvalue weighted by atomic mass is 9.84. The molecule has 1 heterocycles. The molecule has 0 bridgehead atoms. The number of likely N-dealkylation sites (tertiary alicyclic amines) is 1. The summed E-state index contributed by atoms with van der Waals surface area (Å²) in [6.07, 6.45) is 6.48. The summed E-state index contributed by atoms with van der Waals surface area (Å²) in [5, 5.41) is 6.00. The van der Waals surface area contributed by atoms with Crippen LogP contribution < -0.4 is 10.6 Å². The second-order valence-corrected chi connectivity index (χ2v) is 9.06. The van der Waals surface area contributed by atoms with Crippen molar-refractivity contribution >= 4 is 11.9 Å². The topological polar surface area (TPSA) is 61.4 Å². The summed E-state index contributed by atoms with van der Waals surface area (Å²) in [5.74, 6) is 0.662. The molecule has 2 aliphatic rings. The summed E-state index contributed by atoms with van der Waals surface area (Å²) in [5.41, 5.74) is -0.391. The van der Waals surface area contributed by atoms with Crippen LogP contribution in [0.2, 0.25) is 0 Å². The molecule has 24 heavy (non-hydrogen) atoms. The highest BCUT2D eigenvalue weighted by Gasteiger charge is 2.40. The number of hydrogen-bond donors (Lipinski definition) is 2. The van der Waals surface area contributed by atoms with Crippen LogP contribution in [0.5, 0.6) is 0 Å². The Morgan fingerprint density at radius 3 is 2.38 bits per heavy atom. The van der Waals surface area contributed by atoms with E-state index in [1.807, 2.05) is 20.8 Å². The Morgan fingerprint density at radius 2 is 1.79 bits per heavy atom. The van der Waals surface area contributed by atoms with Crippen molar-refractivity contribution in [2.24, 2.45) is 11.3 Å². The van der Waals surface area contributed by atoms with Crippen LogP contribution in [0, 0.1) is 11.3 Å². The van der Waals surface area contributed by atoms with Gasteiger partial charge in [-0.05, 0) is 59.3 Å². The molecule has 3 amide bonds. The highest BCUT2D eigenvalue weighted by Crippen LogP contribution is 2.40. The van der Waals surface area contributed by atoms with Gasteiger partial charge in [0.15, 0.2) is 0 Å². The van der Waals surface area contributed by atoms with Gasteiger partial charge < -0.3 is 15.5 Å². The minimum absolute atomic E-state index is 0.0688. The van der Waals surface area contributed by atoms with Crippen LogP contribution in [0.4, 0.5) is 4.79 Å². The molecule has 0 aromatic carbocycles. The van der Waals surface area contributed by atoms with Gasteiger partial charge in [-0.15, -0.1) is 0 Å². The summed E-state index contributed by atoms with van der Waals surface area (Å²) < 4.78 is 0. The highest BCUT2D eigenvalue weighted by molar-refractivity contribution is 5.82. The number of rotatable bonds is 3. The number of urea groups is 1. The fourth-order valence-corrected chi connectivity index (χ4v) is 4.05. The van der Waals surface area contributed by atoms with E-state index in [9.17, 15) is 9.59 Å². The van der Waals surface area contributed by atoms with Gasteiger partial charge in [-0.25, -0.2) is 4.79 Å². The average Bonchev–Trinajstić information content (AvgIpc) is 2.92. The van der Waals surface area contributed by atoms with Crippen LogP contribution in [0.1, 0.15) is 73.1 Å². The van der Waals surface area contributed by atoms with Crippen molar-refractivity contribution in [3.05, 3.63) is 0 Å². The lowest BCUT2D eigenvalue weighted by molar-refractivity contribution is -0.143. The van der Waals surface area contributed by atoms with E-state index in [-0.39, 0.29) is 23.0 Å². The van der Waals surface area contributed by atoms with Crippen molar-refractivity contribution in [1.29, 1.82) is 0 Å². The predicted molar refractivity (Wildman–Crippen MR) is 96.8 cm³/mol. The summed E-state index contributed by atoms with van der Waals surface area (Å²) in [6, 6.07) is -0.0551. The van der Waals surface area contributed by atoms with E-state index in [1.54, 1.807) is 0 Å². The largest absolute Gasteiger partial charge is 0.342 e. The van der Waals surface area contributed by atoms with Crippen LogP contribution in [-0.2, 0) is 4.79 Å². The molecule has 2 N–H and O–H groups in total. The molecule has 1 aliphatic heterocycles. The third-order valence-corrected chi connectivity index (χ3v) is 5.52. The molecule has 0 unspecified atom stereocenters. The Labute approximate surface area is 146 Å². The fourth-order valence-electron chi connectivity index (χ4n) is 4.05. The normalized spacial score (nSPS) is 25.2. The van der Waals surface area contributed by atoms with E-state index in [0.717, 1.165) is 38.8 Å². The summed E-state index contributed by atoms with van der Waals surface area (Å²) in [6.45, 7) is 11.7. The van der Waals surface area contributed by atoms with E-state index in [0.29, 0.717) is 11.8 Å². The SMILES string of the molecule is C[C@H](NC(=O)NC(C)(C)C)[C@H]1CCCN(C(=O)C2(C)CCCC2)C1. The third kappa shape index (κ3) is 4.87. The molecule has 138 valence electrons. The number of nitrogens with one attached hydrogen (secondary N) is 2. The zero-order chi connectivity index (χ0) is 18.0. The molecule has 2 rings (SSSR count). The molecule has 0 aromatic heterocycles. The number of hydrogen-bond acceptors (Lipinski definition) is 2. The van der Waals surface area contributed by atoms with Crippen molar-refractivity contribution in [2.45, 2.75) is 84.7 Å². The van der Waals surface area contributed by atoms with Crippen LogP contribution in [0.3, 0.4) is 0 Å². The Bertz CT molecular complexity index is 464. The van der Waals surface area contributed by atoms with Gasteiger partial charge in [-0.1, -0.05) is 19.8 Å². The van der Waals surface area contributed by atoms with Gasteiger partial charge in [0.25, 0.3) is 0 Å². The Hall–Kier alpha value is -1.26. The first-order chi connectivity index (χ1) is 11.1. The van der Waals surface area contributed by atoms with Gasteiger partial charge in [-0.2, -0.15) is 0 Å². The molecule has 2 atom stereocenters. The molecule has 5 nitrogen and oxygen atoms in total. The molecule has 0 aromatic rings. The number of carbonyl (C=O) groups is 2. The summed E-state index contributed by atoms with van der Waals surface area (Å²) >= 11 is 0. The smallest absolute Gasteiger partial charge is 0.315 e. The number of amides is 3. The van der Waals surface area contributed by atoms with Gasteiger partial charge >= 0.3 is 6.03 Å². The minimum Gasteiger partial charge on any atom is -0.342 e. The van der Waals surface area contributed by atoms with Crippen molar-refractivity contribution in [3.63, 3.8) is 0 Å². The van der Waals surface area contributed by atoms with Crippen molar-refractivity contribution < 1.29 is 9.59 Å². The average molecular weight is 338 g/mol. The van der Waals surface area contributed by atoms with E-state index >= 15 is 0 Å². The van der Waals surface area contributed by atoms with Gasteiger partial charge in [0.1, 0.15) is 0 Å². The van der Waals surface area contributed by atoms with E-state index in [4.69, 9.17) is 0 Å². The highest BCUT2D eigenvalue weighted by atomic mass is 16.2. The van der Waals surface area contributed by atoms with Crippen molar-refractivity contribution in [2.75, 3.05) is 13.1 Å². The maximum atomic E-state index is 12.9. The van der Waals surface area contributed by atoms with E-state index in [2.05, 4.69) is 29.4 Å². The first kappa shape index (κ1) is 19.1. The Balaban J connectivity index is 1.90. The first-order valence-electron chi connectivity index (χ1n) is 9.49. The first-order valence-corrected chi connectivity index (χ1v) is 9.49. The number of nitrogens with zero attached hydrogens (tertiary/aromatic N) is 1. The number of carbonyl (C=O) groups excluding carboxylic acids is 2. The number of piperidine rings is 1. The van der Waals surface area contributed by atoms with E-state index < -0.39 is 0 Å². The molecule has 1 aliphatic carbocycles. The van der Waals surface area contributed by atoms with Crippen LogP contribution in [-0.4, -0.2) is 41.5 Å². The lowest BCUT2D eigenvalue weighted by Crippen LogP contribution is -2.54. The van der Waals surface area contributed by atoms with Gasteiger partial charge in [0, 0.05) is 30.1 Å². The second kappa shape index (κ2) is 7.32. The Morgan fingerprint density at radius 1 is 1.17 bits per heavy atom. The molecular weight excluding hydrogens is 302 g/mol. The zero-order valence-corrected chi connectivity index (χ0v) is 16.1. The molecular formula is C19H35N3O2. The lowest BCUT2D eigenvalue weighted by Gasteiger charge is -2.39. The predicted octanol–water partition coefficient (Wildman–Crippen LogP) is 3.29. The molecule has 0 radical (unpaired) electrons. The van der Waals surface area contributed by atoms with E-state index in [1.165, 1.54) is 12.8 Å². The van der Waals surface area contributed by atoms with Crippen molar-refractivity contribution in [1.82, 2.24) is 15.5 Å². The maximum absolute atomic E-state index is 12.9. The molecule has 0 spiro atoms. The quantitative estimate of drug-likeness (QED) is 0.830. The second-order valence-electron chi connectivity index (χ2n) is 9.06. The van der Waals surface area contributed by atoms with Crippen LogP contribution in [0.25, 0.3) is 0 Å². The van der Waals surface area contributed by atoms with Crippen molar-refractivity contribution in [3.8, 4) is 0 Å². The Kier molecular flexibility index (Phi) is 5.82. The molecule has 1 saturated carbocycles. The molecule has 2 fully saturated rings. The minimum atomic E-state index is -0.241. The zero-order valence-electron chi connectivity index (χ0n) is 16.1. The fraction of sp³-hybridized carbons (Fsp3) is 0.895. The van der Waals surface area contributed by atoms with Gasteiger partial charge in [0.05, 0.1) is 0 Å². The molecule has 1 saturated heterocycles. The molecule has 5 heteroatoms. The monoisotopic (exact) mass is 337 g/mol. The van der Waals surface area contributed by atoms with Gasteiger partial charge in [0.2, 0.25) is 5.91 Å². The van der Waals surface area contributed by atoms with Crippen LogP contribution >= 0.6 is 0 Å². The third-order valence-electron chi connectivity index (χ3n) is 5.52. The summed E-state index contributed by atoms with van der Waals surface area (Å²) in [4.78, 5) is 27.1. The maximum Gasteiger partial charge on any atom is 0.315 e. The van der Waals surface area contributed by atoms with Crippen LogP contribution in [0.15, 0.2) is 0 Å². The van der Waals surface area contributed by atoms with Gasteiger partial charge in [-0.3, -0.25) is 4.79 Å².